The number of likely N-dealkylation sites (tertiary alicyclic amines) is 1. The molecular weight excluding hydrogens is 709 g/mol. The van der Waals surface area contributed by atoms with Gasteiger partial charge in [0, 0.05) is 54.1 Å². The number of nitrogen functional groups attached to an aromatic ring is 1. The number of alkyl halides is 1. The molecule has 0 bridgehead atoms. The molecule has 0 spiro atoms. The van der Waals surface area contributed by atoms with Crippen molar-refractivity contribution in [3.8, 4) is 17.2 Å². The third-order valence-corrected chi connectivity index (χ3v) is 9.35. The van der Waals surface area contributed by atoms with Gasteiger partial charge in [0.1, 0.15) is 17.3 Å². The van der Waals surface area contributed by atoms with Gasteiger partial charge < -0.3 is 30.6 Å². The lowest BCUT2D eigenvalue weighted by Crippen LogP contribution is -2.43. The molecule has 47 heavy (non-hydrogen) atoms. The lowest BCUT2D eigenvalue weighted by Gasteiger charge is -2.31. The molecule has 11 nitrogen and oxygen atoms in total. The van der Waals surface area contributed by atoms with Crippen molar-refractivity contribution in [2.45, 2.75) is 23.3 Å². The summed E-state index contributed by atoms with van der Waals surface area (Å²) in [4.78, 5) is 46.1. The molecule has 0 saturated carbocycles. The molecule has 1 saturated heterocycles. The van der Waals surface area contributed by atoms with Crippen molar-refractivity contribution >= 4 is 56.9 Å². The summed E-state index contributed by atoms with van der Waals surface area (Å²) < 4.78 is 8.30. The zero-order valence-electron chi connectivity index (χ0n) is 26.4. The number of ketones is 1. The van der Waals surface area contributed by atoms with Gasteiger partial charge >= 0.3 is 0 Å². The van der Waals surface area contributed by atoms with E-state index in [2.05, 4.69) is 38.0 Å². The molecule has 3 heterocycles. The van der Waals surface area contributed by atoms with Gasteiger partial charge in [-0.25, -0.2) is 4.68 Å². The molecule has 2 aromatic heterocycles. The molecule has 3 aromatic carbocycles. The Labute approximate surface area is 286 Å². The van der Waals surface area contributed by atoms with Gasteiger partial charge in [0.05, 0.1) is 28.7 Å². The molecule has 1 aliphatic heterocycles. The number of aromatic amines is 1. The van der Waals surface area contributed by atoms with Gasteiger partial charge in [0.15, 0.2) is 0 Å². The Kier molecular flexibility index (Phi) is 9.32. The number of hydrogen-bond acceptors (Lipinski definition) is 7. The smallest absolute Gasteiger partial charge is 0.257 e. The number of piperidine rings is 1. The highest BCUT2D eigenvalue weighted by Crippen LogP contribution is 2.32. The first-order chi connectivity index (χ1) is 22.7. The van der Waals surface area contributed by atoms with E-state index >= 15 is 0 Å². The molecule has 0 unspecified atom stereocenters. The Morgan fingerprint density at radius 2 is 1.81 bits per heavy atom. The van der Waals surface area contributed by atoms with Crippen LogP contribution < -0.4 is 15.8 Å². The van der Waals surface area contributed by atoms with Gasteiger partial charge in [-0.2, -0.15) is 5.10 Å². The molecule has 0 aliphatic carbocycles. The van der Waals surface area contributed by atoms with Crippen LogP contribution in [0, 0.1) is 0 Å². The molecule has 2 amide bonds. The minimum atomic E-state index is -0.301. The van der Waals surface area contributed by atoms with Crippen molar-refractivity contribution in [3.63, 3.8) is 0 Å². The largest absolute Gasteiger partial charge is 0.457 e. The molecule has 6 rings (SSSR count). The first kappa shape index (κ1) is 32.3. The third-order valence-electron chi connectivity index (χ3n) is 8.53. The number of aromatic nitrogens is 3. The van der Waals surface area contributed by atoms with Crippen molar-refractivity contribution in [3.05, 3.63) is 101 Å². The minimum absolute atomic E-state index is 0.00482. The number of benzene rings is 3. The highest BCUT2D eigenvalue weighted by atomic mass is 127. The van der Waals surface area contributed by atoms with E-state index < -0.39 is 0 Å². The molecule has 12 heteroatoms. The van der Waals surface area contributed by atoms with E-state index in [4.69, 9.17) is 10.5 Å². The van der Waals surface area contributed by atoms with E-state index in [0.29, 0.717) is 57.6 Å². The predicted octanol–water partition coefficient (Wildman–Crippen LogP) is 5.42. The van der Waals surface area contributed by atoms with E-state index in [1.165, 1.54) is 11.1 Å². The number of carbonyl (C=O) groups is 3. The lowest BCUT2D eigenvalue weighted by molar-refractivity contribution is 0.0707. The minimum Gasteiger partial charge on any atom is -0.457 e. The van der Waals surface area contributed by atoms with Crippen molar-refractivity contribution < 1.29 is 19.1 Å². The molecule has 0 radical (unpaired) electrons. The summed E-state index contributed by atoms with van der Waals surface area (Å²) in [6.45, 7) is 1.42. The fourth-order valence-corrected chi connectivity index (χ4v) is 6.46. The number of H-pyrrole nitrogens is 1. The van der Waals surface area contributed by atoms with Gasteiger partial charge in [0.2, 0.25) is 5.78 Å². The summed E-state index contributed by atoms with van der Waals surface area (Å²) in [7, 11) is 5.35. The molecule has 1 aliphatic rings. The van der Waals surface area contributed by atoms with Crippen LogP contribution >= 0.6 is 22.6 Å². The second-order valence-electron chi connectivity index (χ2n) is 11.7. The van der Waals surface area contributed by atoms with Crippen LogP contribution in [0.15, 0.2) is 72.9 Å². The van der Waals surface area contributed by atoms with Crippen LogP contribution in [0.2, 0.25) is 0 Å². The fourth-order valence-electron chi connectivity index (χ4n) is 5.85. The topological polar surface area (TPSA) is 139 Å². The number of anilines is 1. The summed E-state index contributed by atoms with van der Waals surface area (Å²) in [6.07, 6.45) is 3.32. The van der Waals surface area contributed by atoms with E-state index in [-0.39, 0.29) is 29.0 Å². The van der Waals surface area contributed by atoms with Crippen LogP contribution in [-0.2, 0) is 4.43 Å². The number of para-hydroxylation sites is 1. The normalized spacial score (nSPS) is 13.6. The van der Waals surface area contributed by atoms with E-state index in [1.807, 2.05) is 42.3 Å². The maximum Gasteiger partial charge on any atom is 0.257 e. The van der Waals surface area contributed by atoms with Crippen LogP contribution in [0.5, 0.6) is 11.5 Å². The van der Waals surface area contributed by atoms with E-state index in [1.54, 1.807) is 55.2 Å². The Hall–Kier alpha value is -4.69. The lowest BCUT2D eigenvalue weighted by atomic mass is 10.0. The van der Waals surface area contributed by atoms with Crippen molar-refractivity contribution in [1.29, 1.82) is 0 Å². The number of halogens is 1. The van der Waals surface area contributed by atoms with Gasteiger partial charge in [0.25, 0.3) is 11.8 Å². The van der Waals surface area contributed by atoms with E-state index in [0.717, 1.165) is 29.3 Å². The number of ether oxygens (including phenoxy) is 1. The summed E-state index contributed by atoms with van der Waals surface area (Å²) in [5.74, 6) is 0.752. The standard InChI is InChI=1S/C35H36IN7O4/c1-38-24-12-14-42(15-13-24)34(45)21-8-10-28-22(16-21)18-29(40-28)32(44)27-20-39-43(33(27)37)30-11-9-25(17-23(30)19-36)47-31-7-5-4-6-26(31)35(46)41(2)3/h4-11,16-18,20,24,38,40H,12-15,19,37H2,1-3H3. The number of hydrogen-bond donors (Lipinski definition) is 3. The van der Waals surface area contributed by atoms with Gasteiger partial charge in [-0.15, -0.1) is 0 Å². The Bertz CT molecular complexity index is 1970. The Balaban J connectivity index is 1.22. The van der Waals surface area contributed by atoms with Crippen LogP contribution in [0.3, 0.4) is 0 Å². The summed E-state index contributed by atoms with van der Waals surface area (Å²) in [6, 6.07) is 20.2. The Morgan fingerprint density at radius 1 is 1.04 bits per heavy atom. The monoisotopic (exact) mass is 745 g/mol. The highest BCUT2D eigenvalue weighted by molar-refractivity contribution is 14.1. The molecular formula is C35H36IN7O4. The molecule has 4 N–H and O–H groups in total. The summed E-state index contributed by atoms with van der Waals surface area (Å²) in [5, 5.41) is 8.53. The average molecular weight is 746 g/mol. The third kappa shape index (κ3) is 6.47. The summed E-state index contributed by atoms with van der Waals surface area (Å²) >= 11 is 2.25. The van der Waals surface area contributed by atoms with Gasteiger partial charge in [-0.1, -0.05) is 34.7 Å². The predicted molar refractivity (Wildman–Crippen MR) is 190 cm³/mol. The number of nitrogens with zero attached hydrogens (tertiary/aromatic N) is 4. The first-order valence-corrected chi connectivity index (χ1v) is 16.9. The summed E-state index contributed by atoms with van der Waals surface area (Å²) in [5.41, 5.74) is 10.5. The number of rotatable bonds is 9. The van der Waals surface area contributed by atoms with Crippen LogP contribution in [-0.4, -0.2) is 82.4 Å². The van der Waals surface area contributed by atoms with Gasteiger partial charge in [-0.3, -0.25) is 14.4 Å². The zero-order chi connectivity index (χ0) is 33.2. The average Bonchev–Trinajstić information content (AvgIpc) is 3.70. The highest BCUT2D eigenvalue weighted by Gasteiger charge is 2.25. The number of carbonyl (C=O) groups excluding carboxylic acids is 3. The van der Waals surface area contributed by atoms with Crippen LogP contribution in [0.1, 0.15) is 55.2 Å². The SMILES string of the molecule is CNC1CCN(C(=O)c2ccc3[nH]c(C(=O)c4cnn(-c5ccc(Oc6ccccc6C(=O)N(C)C)cc5CI)c4N)cc3c2)CC1. The maximum atomic E-state index is 13.7. The van der Waals surface area contributed by atoms with Crippen molar-refractivity contribution in [2.75, 3.05) is 40.0 Å². The number of nitrogens with two attached hydrogens (primary N) is 1. The van der Waals surface area contributed by atoms with Crippen LogP contribution in [0.25, 0.3) is 16.6 Å². The van der Waals surface area contributed by atoms with Crippen LogP contribution in [0.4, 0.5) is 5.82 Å². The zero-order valence-corrected chi connectivity index (χ0v) is 28.6. The number of amides is 2. The Morgan fingerprint density at radius 3 is 2.53 bits per heavy atom. The maximum absolute atomic E-state index is 13.7. The number of nitrogens with one attached hydrogen (secondary N) is 2. The second kappa shape index (κ2) is 13.6. The molecule has 242 valence electrons. The van der Waals surface area contributed by atoms with E-state index in [9.17, 15) is 14.4 Å². The van der Waals surface area contributed by atoms with Crippen molar-refractivity contribution in [2.24, 2.45) is 0 Å². The quantitative estimate of drug-likeness (QED) is 0.104. The molecule has 1 fully saturated rings. The molecule has 5 aromatic rings. The van der Waals surface area contributed by atoms with Crippen molar-refractivity contribution in [1.82, 2.24) is 29.9 Å². The second-order valence-corrected chi connectivity index (χ2v) is 12.5. The fraction of sp³-hybridized carbons (Fsp3) is 0.257. The van der Waals surface area contributed by atoms with Gasteiger partial charge in [-0.05, 0) is 80.1 Å². The number of fused-ring (bicyclic) bond motifs is 1. The first-order valence-electron chi connectivity index (χ1n) is 15.3. The molecule has 0 atom stereocenters.